The van der Waals surface area contributed by atoms with Crippen molar-refractivity contribution in [1.29, 1.82) is 0 Å². The van der Waals surface area contributed by atoms with Crippen LogP contribution in [0.5, 0.6) is 0 Å². The summed E-state index contributed by atoms with van der Waals surface area (Å²) in [6.45, 7) is 7.17. The molecule has 1 aromatic rings. The summed E-state index contributed by atoms with van der Waals surface area (Å²) in [6, 6.07) is 6.42. The monoisotopic (exact) mass is 318 g/mol. The van der Waals surface area contributed by atoms with E-state index in [1.54, 1.807) is 18.2 Å². The minimum Gasteiger partial charge on any atom is -0.381 e. The molecule has 23 heavy (non-hydrogen) atoms. The number of benzene rings is 1. The quantitative estimate of drug-likeness (QED) is 0.263. The molecule has 2 N–H and O–H groups in total. The van der Waals surface area contributed by atoms with Crippen molar-refractivity contribution in [2.45, 2.75) is 13.0 Å². The van der Waals surface area contributed by atoms with Gasteiger partial charge in [-0.05, 0) is 12.0 Å². The summed E-state index contributed by atoms with van der Waals surface area (Å²) < 4.78 is 5.36. The summed E-state index contributed by atoms with van der Waals surface area (Å²) in [5, 5.41) is 17.1. The minimum atomic E-state index is -0.407. The van der Waals surface area contributed by atoms with Crippen LogP contribution in [0.25, 0.3) is 0 Å². The second kappa shape index (κ2) is 8.89. The zero-order valence-corrected chi connectivity index (χ0v) is 13.0. The molecule has 1 saturated heterocycles. The second-order valence-electron chi connectivity index (χ2n) is 5.37. The number of non-ortho nitro benzene ring substituents is 1. The van der Waals surface area contributed by atoms with E-state index in [9.17, 15) is 10.1 Å². The molecule has 0 aliphatic carbocycles. The van der Waals surface area contributed by atoms with Crippen molar-refractivity contribution < 1.29 is 9.66 Å². The van der Waals surface area contributed by atoms with Gasteiger partial charge in [0.2, 0.25) is 0 Å². The molecule has 1 aliphatic heterocycles. The van der Waals surface area contributed by atoms with E-state index < -0.39 is 4.92 Å². The van der Waals surface area contributed by atoms with E-state index in [0.717, 1.165) is 31.7 Å². The Morgan fingerprint density at radius 3 is 2.83 bits per heavy atom. The van der Waals surface area contributed by atoms with Crippen molar-refractivity contribution in [3.8, 4) is 0 Å². The number of nitrogens with one attached hydrogen (secondary N) is 2. The number of hydrogen-bond donors (Lipinski definition) is 2. The van der Waals surface area contributed by atoms with E-state index in [1.807, 2.05) is 0 Å². The van der Waals surface area contributed by atoms with Crippen molar-refractivity contribution in [3.63, 3.8) is 0 Å². The summed E-state index contributed by atoms with van der Waals surface area (Å²) in [5.74, 6) is 1.21. The number of nitrogens with zero attached hydrogens (tertiary/aromatic N) is 2. The fraction of sp³-hybridized carbons (Fsp3) is 0.438. The van der Waals surface area contributed by atoms with Gasteiger partial charge in [-0.2, -0.15) is 0 Å². The normalized spacial score (nSPS) is 17.7. The van der Waals surface area contributed by atoms with Crippen molar-refractivity contribution in [2.24, 2.45) is 10.9 Å². The lowest BCUT2D eigenvalue weighted by molar-refractivity contribution is -0.384. The molecule has 2 rings (SSSR count). The van der Waals surface area contributed by atoms with Crippen LogP contribution in [-0.2, 0) is 11.3 Å². The molecule has 0 radical (unpaired) electrons. The van der Waals surface area contributed by atoms with Gasteiger partial charge in [0, 0.05) is 37.7 Å². The molecule has 0 aromatic heterocycles. The lowest BCUT2D eigenvalue weighted by Gasteiger charge is -2.14. The zero-order valence-electron chi connectivity index (χ0n) is 13.0. The Morgan fingerprint density at radius 1 is 1.43 bits per heavy atom. The topological polar surface area (TPSA) is 88.8 Å². The molecular formula is C16H22N4O3. The number of guanidine groups is 1. The molecule has 1 aliphatic rings. The molecule has 1 unspecified atom stereocenters. The number of aliphatic imine (C=N–C) groups is 1. The first-order chi connectivity index (χ1) is 11.2. The maximum Gasteiger partial charge on any atom is 0.269 e. The van der Waals surface area contributed by atoms with Crippen molar-refractivity contribution in [3.05, 3.63) is 52.6 Å². The molecule has 124 valence electrons. The molecular weight excluding hydrogens is 296 g/mol. The van der Waals surface area contributed by atoms with Gasteiger partial charge in [-0.1, -0.05) is 18.2 Å². The third-order valence-electron chi connectivity index (χ3n) is 3.56. The van der Waals surface area contributed by atoms with Gasteiger partial charge in [0.25, 0.3) is 5.69 Å². The fourth-order valence-corrected chi connectivity index (χ4v) is 2.22. The third-order valence-corrected chi connectivity index (χ3v) is 3.56. The number of rotatable bonds is 7. The van der Waals surface area contributed by atoms with Crippen LogP contribution in [0.3, 0.4) is 0 Å². The van der Waals surface area contributed by atoms with Gasteiger partial charge in [0.15, 0.2) is 5.96 Å². The molecule has 0 spiro atoms. The highest BCUT2D eigenvalue weighted by Gasteiger charge is 2.15. The van der Waals surface area contributed by atoms with E-state index >= 15 is 0 Å². The Balaban J connectivity index is 1.91. The molecule has 0 bridgehead atoms. The van der Waals surface area contributed by atoms with E-state index in [2.05, 4.69) is 22.2 Å². The largest absolute Gasteiger partial charge is 0.381 e. The van der Waals surface area contributed by atoms with Crippen LogP contribution >= 0.6 is 0 Å². The average Bonchev–Trinajstić information content (AvgIpc) is 3.08. The highest BCUT2D eigenvalue weighted by Crippen LogP contribution is 2.13. The van der Waals surface area contributed by atoms with Crippen LogP contribution in [0, 0.1) is 16.0 Å². The molecule has 1 atom stereocenters. The predicted molar refractivity (Wildman–Crippen MR) is 89.4 cm³/mol. The van der Waals surface area contributed by atoms with Crippen LogP contribution in [0.2, 0.25) is 0 Å². The van der Waals surface area contributed by atoms with Gasteiger partial charge < -0.3 is 15.4 Å². The number of nitro benzene ring substituents is 1. The molecule has 1 fully saturated rings. The lowest BCUT2D eigenvalue weighted by atomic mass is 10.1. The van der Waals surface area contributed by atoms with Crippen molar-refractivity contribution >= 4 is 11.6 Å². The Morgan fingerprint density at radius 2 is 2.22 bits per heavy atom. The van der Waals surface area contributed by atoms with Gasteiger partial charge in [-0.15, -0.1) is 6.58 Å². The maximum absolute atomic E-state index is 10.6. The van der Waals surface area contributed by atoms with Crippen molar-refractivity contribution in [1.82, 2.24) is 10.6 Å². The molecule has 1 heterocycles. The zero-order chi connectivity index (χ0) is 16.5. The maximum atomic E-state index is 10.6. The summed E-state index contributed by atoms with van der Waals surface area (Å²) in [6.07, 6.45) is 2.83. The van der Waals surface area contributed by atoms with E-state index in [-0.39, 0.29) is 5.69 Å². The average molecular weight is 318 g/mol. The number of nitro groups is 1. The first-order valence-electron chi connectivity index (χ1n) is 7.63. The van der Waals surface area contributed by atoms with Crippen molar-refractivity contribution in [2.75, 3.05) is 26.3 Å². The molecule has 0 saturated carbocycles. The molecule has 1 aromatic carbocycles. The first-order valence-corrected chi connectivity index (χ1v) is 7.63. The standard InChI is InChI=1S/C16H22N4O3/c1-2-8-17-16(19-11-14-7-9-23-12-14)18-10-13-3-5-15(6-4-13)20(21)22/h2-6,14H,1,7-12H2,(H2,17,18,19). The molecule has 0 amide bonds. The summed E-state index contributed by atoms with van der Waals surface area (Å²) in [7, 11) is 0. The van der Waals surface area contributed by atoms with Gasteiger partial charge in [0.1, 0.15) is 0 Å². The molecule has 7 heteroatoms. The van der Waals surface area contributed by atoms with Gasteiger partial charge in [-0.25, -0.2) is 4.99 Å². The Kier molecular flexibility index (Phi) is 6.56. The van der Waals surface area contributed by atoms with Crippen LogP contribution in [0.4, 0.5) is 5.69 Å². The second-order valence-corrected chi connectivity index (χ2v) is 5.37. The van der Waals surface area contributed by atoms with Gasteiger partial charge in [-0.3, -0.25) is 10.1 Å². The van der Waals surface area contributed by atoms with Gasteiger partial charge in [0.05, 0.1) is 18.1 Å². The fourth-order valence-electron chi connectivity index (χ4n) is 2.22. The Bertz CT molecular complexity index is 551. The summed E-state index contributed by atoms with van der Waals surface area (Å²) >= 11 is 0. The summed E-state index contributed by atoms with van der Waals surface area (Å²) in [5.41, 5.74) is 1.00. The van der Waals surface area contributed by atoms with Crippen LogP contribution in [0.1, 0.15) is 12.0 Å². The highest BCUT2D eigenvalue weighted by molar-refractivity contribution is 5.79. The van der Waals surface area contributed by atoms with E-state index in [1.165, 1.54) is 12.1 Å². The number of ether oxygens (including phenoxy) is 1. The van der Waals surface area contributed by atoms with E-state index in [0.29, 0.717) is 25.0 Å². The predicted octanol–water partition coefficient (Wildman–Crippen LogP) is 1.85. The first kappa shape index (κ1) is 17.0. The SMILES string of the molecule is C=CCNC(=NCc1ccc([N+](=O)[O-])cc1)NCC1CCOC1. The lowest BCUT2D eigenvalue weighted by Crippen LogP contribution is -2.40. The van der Waals surface area contributed by atoms with E-state index in [4.69, 9.17) is 4.74 Å². The minimum absolute atomic E-state index is 0.0853. The smallest absolute Gasteiger partial charge is 0.269 e. The van der Waals surface area contributed by atoms with Crippen LogP contribution in [-0.4, -0.2) is 37.2 Å². The third kappa shape index (κ3) is 5.71. The van der Waals surface area contributed by atoms with Crippen LogP contribution in [0.15, 0.2) is 41.9 Å². The highest BCUT2D eigenvalue weighted by atomic mass is 16.6. The summed E-state index contributed by atoms with van der Waals surface area (Å²) in [4.78, 5) is 14.7. The Labute approximate surface area is 135 Å². The molecule has 7 nitrogen and oxygen atoms in total. The van der Waals surface area contributed by atoms with Crippen LogP contribution < -0.4 is 10.6 Å². The Hall–Kier alpha value is -2.41. The number of hydrogen-bond acceptors (Lipinski definition) is 4. The van der Waals surface area contributed by atoms with Gasteiger partial charge >= 0.3 is 0 Å².